The highest BCUT2D eigenvalue weighted by Gasteiger charge is 2.43. The van der Waals surface area contributed by atoms with Gasteiger partial charge in [0.25, 0.3) is 0 Å². The summed E-state index contributed by atoms with van der Waals surface area (Å²) in [6.07, 6.45) is 0.362. The number of carboxylic acids is 1. The summed E-state index contributed by atoms with van der Waals surface area (Å²) in [5.41, 5.74) is -1.30. The van der Waals surface area contributed by atoms with Crippen LogP contribution in [0.2, 0.25) is 0 Å². The van der Waals surface area contributed by atoms with Crippen molar-refractivity contribution >= 4 is 12.0 Å². The molecule has 2 atom stereocenters. The average Bonchev–Trinajstić information content (AvgIpc) is 2.88. The quantitative estimate of drug-likeness (QED) is 0.872. The molecule has 1 aromatic rings. The second kappa shape index (κ2) is 6.61. The smallest absolute Gasteiger partial charge is 0.317 e. The van der Waals surface area contributed by atoms with Gasteiger partial charge in [0, 0.05) is 24.7 Å². The molecule has 0 aromatic heterocycles. The van der Waals surface area contributed by atoms with E-state index >= 15 is 0 Å². The van der Waals surface area contributed by atoms with Crippen molar-refractivity contribution in [2.75, 3.05) is 13.1 Å². The predicted molar refractivity (Wildman–Crippen MR) is 89.0 cm³/mol. The summed E-state index contributed by atoms with van der Waals surface area (Å²) in [5, 5.41) is 12.1. The lowest BCUT2D eigenvalue weighted by Crippen LogP contribution is -2.45. The van der Waals surface area contributed by atoms with Gasteiger partial charge in [0.2, 0.25) is 0 Å². The highest BCUT2D eigenvalue weighted by atomic mass is 19.1. The Balaban J connectivity index is 2.21. The maximum atomic E-state index is 14.2. The molecule has 2 unspecified atom stereocenters. The first-order valence-corrected chi connectivity index (χ1v) is 8.18. The van der Waals surface area contributed by atoms with Crippen LogP contribution in [0, 0.1) is 22.5 Å². The first kappa shape index (κ1) is 19.1. The van der Waals surface area contributed by atoms with E-state index in [4.69, 9.17) is 0 Å². The van der Waals surface area contributed by atoms with Gasteiger partial charge in [-0.2, -0.15) is 0 Å². The number of hydrogen-bond acceptors (Lipinski definition) is 2. The number of likely N-dealkylation sites (tertiary alicyclic amines) is 1. The van der Waals surface area contributed by atoms with Crippen LogP contribution in [0.15, 0.2) is 18.2 Å². The number of halogens is 2. The third-order valence-electron chi connectivity index (χ3n) is 4.68. The largest absolute Gasteiger partial charge is 0.481 e. The Hall–Kier alpha value is -2.18. The molecule has 0 radical (unpaired) electrons. The topological polar surface area (TPSA) is 69.6 Å². The van der Waals surface area contributed by atoms with Gasteiger partial charge in [-0.25, -0.2) is 13.6 Å². The summed E-state index contributed by atoms with van der Waals surface area (Å²) in [4.78, 5) is 25.3. The summed E-state index contributed by atoms with van der Waals surface area (Å²) < 4.78 is 27.4. The molecule has 2 N–H and O–H groups in total. The molecule has 1 fully saturated rings. The third kappa shape index (κ3) is 4.08. The second-order valence-electron chi connectivity index (χ2n) is 7.95. The van der Waals surface area contributed by atoms with Gasteiger partial charge in [0.1, 0.15) is 11.6 Å². The SMILES string of the molecule is CC1(C(=O)O)CCN(C(=O)NC(c2ccc(F)cc2F)C(C)(C)C)C1. The zero-order valence-corrected chi connectivity index (χ0v) is 14.9. The third-order valence-corrected chi connectivity index (χ3v) is 4.68. The molecule has 7 heteroatoms. The summed E-state index contributed by atoms with van der Waals surface area (Å²) in [7, 11) is 0. The normalized spacial score (nSPS) is 21.9. The van der Waals surface area contributed by atoms with Crippen LogP contribution in [0.4, 0.5) is 13.6 Å². The van der Waals surface area contributed by atoms with Crippen molar-refractivity contribution in [3.05, 3.63) is 35.4 Å². The molecule has 0 saturated carbocycles. The number of carboxylic acid groups (broad SMARTS) is 1. The fourth-order valence-electron chi connectivity index (χ4n) is 3.02. The molecule has 5 nitrogen and oxygen atoms in total. The number of carbonyl (C=O) groups excluding carboxylic acids is 1. The van der Waals surface area contributed by atoms with E-state index < -0.39 is 40.5 Å². The average molecular weight is 354 g/mol. The summed E-state index contributed by atoms with van der Waals surface area (Å²) >= 11 is 0. The van der Waals surface area contributed by atoms with E-state index in [2.05, 4.69) is 5.32 Å². The highest BCUT2D eigenvalue weighted by Crippen LogP contribution is 2.35. The first-order chi connectivity index (χ1) is 11.4. The number of hydrogen-bond donors (Lipinski definition) is 2. The maximum absolute atomic E-state index is 14.2. The number of urea groups is 1. The minimum atomic E-state index is -0.976. The lowest BCUT2D eigenvalue weighted by atomic mass is 9.82. The lowest BCUT2D eigenvalue weighted by molar-refractivity contribution is -0.147. The van der Waals surface area contributed by atoms with Gasteiger partial charge in [-0.3, -0.25) is 4.79 Å². The van der Waals surface area contributed by atoms with Gasteiger partial charge >= 0.3 is 12.0 Å². The lowest BCUT2D eigenvalue weighted by Gasteiger charge is -2.33. The fourth-order valence-corrected chi connectivity index (χ4v) is 3.02. The molecule has 138 valence electrons. The summed E-state index contributed by atoms with van der Waals surface area (Å²) in [6.45, 7) is 7.53. The summed E-state index contributed by atoms with van der Waals surface area (Å²) in [6, 6.07) is 2.13. The molecule has 2 rings (SSSR count). The van der Waals surface area contributed by atoms with Crippen LogP contribution in [-0.4, -0.2) is 35.1 Å². The standard InChI is InChI=1S/C18H24F2N2O3/c1-17(2,3)14(12-6-5-11(19)9-13(12)20)21-16(25)22-8-7-18(4,10-22)15(23)24/h5-6,9,14H,7-8,10H2,1-4H3,(H,21,25)(H,23,24). The first-order valence-electron chi connectivity index (χ1n) is 8.18. The van der Waals surface area contributed by atoms with Gasteiger partial charge < -0.3 is 15.3 Å². The van der Waals surface area contributed by atoms with Gasteiger partial charge in [-0.1, -0.05) is 26.8 Å². The number of nitrogens with zero attached hydrogens (tertiary/aromatic N) is 1. The van der Waals surface area contributed by atoms with Crippen molar-refractivity contribution in [1.82, 2.24) is 10.2 Å². The van der Waals surface area contributed by atoms with E-state index in [9.17, 15) is 23.5 Å². The molecule has 1 heterocycles. The molecular weight excluding hydrogens is 330 g/mol. The molecule has 1 aromatic carbocycles. The van der Waals surface area contributed by atoms with Crippen molar-refractivity contribution in [2.45, 2.75) is 40.2 Å². The molecule has 1 saturated heterocycles. The van der Waals surface area contributed by atoms with Crippen LogP contribution in [0.1, 0.15) is 45.7 Å². The van der Waals surface area contributed by atoms with Crippen LogP contribution < -0.4 is 5.32 Å². The van der Waals surface area contributed by atoms with Crippen molar-refractivity contribution in [3.63, 3.8) is 0 Å². The van der Waals surface area contributed by atoms with Crippen molar-refractivity contribution < 1.29 is 23.5 Å². The predicted octanol–water partition coefficient (Wildman–Crippen LogP) is 3.56. The van der Waals surface area contributed by atoms with E-state index in [0.717, 1.165) is 12.1 Å². The number of amides is 2. The Bertz CT molecular complexity index is 687. The molecule has 1 aliphatic rings. The van der Waals surface area contributed by atoms with Gasteiger partial charge in [-0.05, 0) is 24.8 Å². The zero-order valence-electron chi connectivity index (χ0n) is 14.9. The molecule has 0 spiro atoms. The fraction of sp³-hybridized carbons (Fsp3) is 0.556. The maximum Gasteiger partial charge on any atom is 0.317 e. The Morgan fingerprint density at radius 3 is 2.44 bits per heavy atom. The number of carbonyl (C=O) groups is 2. The van der Waals surface area contributed by atoms with E-state index in [-0.39, 0.29) is 12.1 Å². The van der Waals surface area contributed by atoms with Gasteiger partial charge in [-0.15, -0.1) is 0 Å². The number of benzene rings is 1. The Kier molecular flexibility index (Phi) is 5.06. The Morgan fingerprint density at radius 2 is 1.96 bits per heavy atom. The zero-order chi connectivity index (χ0) is 19.0. The molecule has 0 aliphatic carbocycles. The van der Waals surface area contributed by atoms with Crippen LogP contribution in [0.25, 0.3) is 0 Å². The number of rotatable bonds is 3. The van der Waals surface area contributed by atoms with E-state index in [1.165, 1.54) is 11.0 Å². The van der Waals surface area contributed by atoms with E-state index in [1.54, 1.807) is 6.92 Å². The molecule has 0 bridgehead atoms. The highest BCUT2D eigenvalue weighted by molar-refractivity contribution is 5.79. The monoisotopic (exact) mass is 354 g/mol. The van der Waals surface area contributed by atoms with Crippen LogP contribution in [0.5, 0.6) is 0 Å². The van der Waals surface area contributed by atoms with Gasteiger partial charge in [0.15, 0.2) is 0 Å². The Labute approximate surface area is 146 Å². The van der Waals surface area contributed by atoms with Crippen molar-refractivity contribution in [1.29, 1.82) is 0 Å². The number of aliphatic carboxylic acids is 1. The van der Waals surface area contributed by atoms with Crippen molar-refractivity contribution in [2.24, 2.45) is 10.8 Å². The molecule has 1 aliphatic heterocycles. The molecule has 25 heavy (non-hydrogen) atoms. The van der Waals surface area contributed by atoms with Crippen LogP contribution in [-0.2, 0) is 4.79 Å². The second-order valence-corrected chi connectivity index (χ2v) is 7.95. The van der Waals surface area contributed by atoms with Crippen LogP contribution >= 0.6 is 0 Å². The van der Waals surface area contributed by atoms with Gasteiger partial charge in [0.05, 0.1) is 11.5 Å². The van der Waals surface area contributed by atoms with Crippen LogP contribution in [0.3, 0.4) is 0 Å². The molecule has 2 amide bonds. The minimum absolute atomic E-state index is 0.0942. The number of nitrogens with one attached hydrogen (secondary N) is 1. The Morgan fingerprint density at radius 1 is 1.32 bits per heavy atom. The van der Waals surface area contributed by atoms with Crippen molar-refractivity contribution in [3.8, 4) is 0 Å². The van der Waals surface area contributed by atoms with E-state index in [0.29, 0.717) is 13.0 Å². The minimum Gasteiger partial charge on any atom is -0.481 e. The van der Waals surface area contributed by atoms with E-state index in [1.807, 2.05) is 20.8 Å². The molecular formula is C18H24F2N2O3. The summed E-state index contributed by atoms with van der Waals surface area (Å²) in [5.74, 6) is -2.35.